The maximum atomic E-state index is 6.01. The molecule has 0 bridgehead atoms. The van der Waals surface area contributed by atoms with Gasteiger partial charge in [0.05, 0.1) is 10.0 Å². The van der Waals surface area contributed by atoms with Crippen molar-refractivity contribution in [2.45, 2.75) is 0 Å². The van der Waals surface area contributed by atoms with Gasteiger partial charge in [-0.3, -0.25) is 0 Å². The van der Waals surface area contributed by atoms with E-state index in [0.29, 0.717) is 31.6 Å². The Hall–Kier alpha value is 1.20. The minimum Gasteiger partial charge on any atom is -0.665 e. The van der Waals surface area contributed by atoms with Crippen molar-refractivity contribution in [3.8, 4) is 11.5 Å². The molecule has 0 unspecified atom stereocenters. The normalized spacial score (nSPS) is 10.8. The molecule has 2 rings (SSSR count). The van der Waals surface area contributed by atoms with E-state index in [1.807, 2.05) is 0 Å². The third kappa shape index (κ3) is 6.25. The van der Waals surface area contributed by atoms with Crippen LogP contribution in [0.5, 0.6) is 11.5 Å². The van der Waals surface area contributed by atoms with Crippen LogP contribution in [0.3, 0.4) is 0 Å². The summed E-state index contributed by atoms with van der Waals surface area (Å²) in [6.45, 7) is 0. The smallest absolute Gasteiger partial charge is 0.665 e. The molecule has 2 aromatic carbocycles. The molecule has 2 aromatic rings. The minimum atomic E-state index is -3.06. The van der Waals surface area contributed by atoms with E-state index in [1.165, 1.54) is 12.1 Å². The molecule has 2 nitrogen and oxygen atoms in total. The molecule has 0 saturated carbocycles. The fraction of sp³-hybridized carbons (Fsp3) is 0. The first kappa shape index (κ1) is 21.2. The standard InChI is InChI=1S/C12H7Cl4O2PS2.Na/c13-7-1-3-11(9(15)5-7)17-19(20,21)18-12-4-2-8(14)6-10(12)16;/h1-6H,(H,20,21);/q;+1/p-1. The molecule has 0 aliphatic rings. The van der Waals surface area contributed by atoms with Crippen molar-refractivity contribution in [3.63, 3.8) is 0 Å². The summed E-state index contributed by atoms with van der Waals surface area (Å²) in [5, 5.41) is 1.55. The zero-order valence-electron chi connectivity index (χ0n) is 11.1. The van der Waals surface area contributed by atoms with E-state index in [9.17, 15) is 0 Å². The van der Waals surface area contributed by atoms with E-state index in [4.69, 9.17) is 79.5 Å². The van der Waals surface area contributed by atoms with Crippen molar-refractivity contribution >= 4 is 76.2 Å². The number of halogens is 4. The fourth-order valence-electron chi connectivity index (χ4n) is 1.36. The average molecular weight is 442 g/mol. The third-order valence-corrected chi connectivity index (χ3v) is 5.00. The van der Waals surface area contributed by atoms with E-state index in [1.54, 1.807) is 24.3 Å². The molecular weight excluding hydrogens is 436 g/mol. The van der Waals surface area contributed by atoms with Crippen LogP contribution in [0.25, 0.3) is 0 Å². The van der Waals surface area contributed by atoms with Crippen molar-refractivity contribution in [2.24, 2.45) is 0 Å². The number of hydrogen-bond acceptors (Lipinski definition) is 4. The second kappa shape index (κ2) is 9.05. The molecule has 0 aromatic heterocycles. The van der Waals surface area contributed by atoms with E-state index in [-0.39, 0.29) is 29.6 Å². The summed E-state index contributed by atoms with van der Waals surface area (Å²) in [6.07, 6.45) is 0. The summed E-state index contributed by atoms with van der Waals surface area (Å²) in [4.78, 5) is 0. The molecule has 0 fully saturated rings. The van der Waals surface area contributed by atoms with E-state index in [2.05, 4.69) is 0 Å². The van der Waals surface area contributed by atoms with Crippen molar-refractivity contribution in [3.05, 3.63) is 56.5 Å². The van der Waals surface area contributed by atoms with Crippen LogP contribution in [-0.4, -0.2) is 0 Å². The summed E-state index contributed by atoms with van der Waals surface area (Å²) in [6, 6.07) is 9.43. The quantitative estimate of drug-likeness (QED) is 0.410. The Bertz CT molecular complexity index is 675. The van der Waals surface area contributed by atoms with E-state index >= 15 is 0 Å². The molecule has 0 heterocycles. The summed E-state index contributed by atoms with van der Waals surface area (Å²) in [7, 11) is 0. The monoisotopic (exact) mass is 440 g/mol. The van der Waals surface area contributed by atoms with Gasteiger partial charge in [-0.1, -0.05) is 46.4 Å². The van der Waals surface area contributed by atoms with Gasteiger partial charge < -0.3 is 21.3 Å². The number of hydrogen-bond donors (Lipinski definition) is 0. The molecule has 0 amide bonds. The maximum Gasteiger partial charge on any atom is 1.00 e. The van der Waals surface area contributed by atoms with Crippen LogP contribution in [0.15, 0.2) is 36.4 Å². The third-order valence-electron chi connectivity index (χ3n) is 2.21. The molecule has 22 heavy (non-hydrogen) atoms. The van der Waals surface area contributed by atoms with Gasteiger partial charge in [-0.2, -0.15) is 0 Å². The first-order valence-electron chi connectivity index (χ1n) is 5.37. The van der Waals surface area contributed by atoms with Gasteiger partial charge in [0, 0.05) is 10.0 Å². The first-order chi connectivity index (χ1) is 9.77. The zero-order chi connectivity index (χ0) is 15.6. The van der Waals surface area contributed by atoms with Crippen molar-refractivity contribution in [2.75, 3.05) is 0 Å². The molecule has 0 spiro atoms. The van der Waals surface area contributed by atoms with Crippen LogP contribution >= 0.6 is 52.1 Å². The zero-order valence-corrected chi connectivity index (χ0v) is 18.6. The van der Waals surface area contributed by atoms with Gasteiger partial charge in [-0.05, 0) is 48.2 Å². The number of rotatable bonds is 4. The van der Waals surface area contributed by atoms with Crippen molar-refractivity contribution < 1.29 is 38.6 Å². The molecular formula is C12H6Cl4NaO2PS2. The molecule has 0 aliphatic carbocycles. The van der Waals surface area contributed by atoms with Gasteiger partial charge >= 0.3 is 29.6 Å². The van der Waals surface area contributed by atoms with Crippen LogP contribution in [0.2, 0.25) is 20.1 Å². The Morgan fingerprint density at radius 2 is 1.18 bits per heavy atom. The predicted octanol–water partition coefficient (Wildman–Crippen LogP) is 3.53. The van der Waals surface area contributed by atoms with Crippen LogP contribution in [0, 0.1) is 0 Å². The minimum absolute atomic E-state index is 0. The Balaban J connectivity index is 0.00000242. The summed E-state index contributed by atoms with van der Waals surface area (Å²) in [5.74, 6) is 0.619. The largest absolute Gasteiger partial charge is 1.00 e. The van der Waals surface area contributed by atoms with E-state index < -0.39 is 5.69 Å². The van der Waals surface area contributed by atoms with Gasteiger partial charge in [0.1, 0.15) is 11.5 Å². The molecule has 0 radical (unpaired) electrons. The van der Waals surface area contributed by atoms with Gasteiger partial charge in [-0.15, -0.1) is 0 Å². The van der Waals surface area contributed by atoms with Gasteiger partial charge in [0.2, 0.25) is 0 Å². The Kier molecular flexibility index (Phi) is 8.74. The average Bonchev–Trinajstić information content (AvgIpc) is 2.36. The Morgan fingerprint density at radius 1 is 0.818 bits per heavy atom. The summed E-state index contributed by atoms with van der Waals surface area (Å²) in [5.41, 5.74) is -3.06. The van der Waals surface area contributed by atoms with Crippen LogP contribution in [0.4, 0.5) is 0 Å². The molecule has 0 aliphatic heterocycles. The molecule has 0 N–H and O–H groups in total. The number of benzene rings is 2. The van der Waals surface area contributed by atoms with Crippen LogP contribution in [-0.2, 0) is 24.1 Å². The van der Waals surface area contributed by atoms with Gasteiger partial charge in [0.15, 0.2) is 5.69 Å². The van der Waals surface area contributed by atoms with Gasteiger partial charge in [0.25, 0.3) is 0 Å². The second-order valence-electron chi connectivity index (χ2n) is 3.78. The molecule has 112 valence electrons. The topological polar surface area (TPSA) is 18.5 Å². The van der Waals surface area contributed by atoms with Crippen LogP contribution < -0.4 is 38.6 Å². The van der Waals surface area contributed by atoms with E-state index in [0.717, 1.165) is 0 Å². The molecule has 0 atom stereocenters. The van der Waals surface area contributed by atoms with Gasteiger partial charge in [-0.25, -0.2) is 0 Å². The maximum absolute atomic E-state index is 6.01. The Labute approximate surface area is 181 Å². The second-order valence-corrected chi connectivity index (χ2v) is 10.3. The molecule has 10 heteroatoms. The van der Waals surface area contributed by atoms with Crippen molar-refractivity contribution in [1.82, 2.24) is 0 Å². The fourth-order valence-corrected chi connectivity index (χ4v) is 4.16. The summed E-state index contributed by atoms with van der Waals surface area (Å²) < 4.78 is 11.0. The Morgan fingerprint density at radius 3 is 1.50 bits per heavy atom. The molecule has 0 saturated heterocycles. The van der Waals surface area contributed by atoms with Crippen molar-refractivity contribution in [1.29, 1.82) is 0 Å². The van der Waals surface area contributed by atoms with Crippen LogP contribution in [0.1, 0.15) is 0 Å². The first-order valence-corrected chi connectivity index (χ1v) is 10.5. The SMILES string of the molecule is S=P([S-])(Oc1ccc(Cl)cc1Cl)Oc1ccc(Cl)cc1Cl.[Na+]. The predicted molar refractivity (Wildman–Crippen MR) is 95.8 cm³/mol. The summed E-state index contributed by atoms with van der Waals surface area (Å²) >= 11 is 34.0.